The minimum absolute atomic E-state index is 0.113. The van der Waals surface area contributed by atoms with Gasteiger partial charge in [0, 0.05) is 30.1 Å². The fourth-order valence-electron chi connectivity index (χ4n) is 3.40. The maximum Gasteiger partial charge on any atom is 0.264 e. The summed E-state index contributed by atoms with van der Waals surface area (Å²) in [6.45, 7) is 6.59. The monoisotopic (exact) mass is 358 g/mol. The Bertz CT molecular complexity index is 770. The standard InChI is InChI=1S/C18H22N4O2S/c1-2-13-3-4-16(25-13)18(23)22-6-5-14-15(11-22)19-12-20-17(14)21-7-9-24-10-8-21/h3-4,12H,2,5-11H2,1H3. The van der Waals surface area contributed by atoms with E-state index in [0.29, 0.717) is 6.54 Å². The molecule has 2 aromatic heterocycles. The molecule has 0 N–H and O–H groups in total. The molecule has 4 heterocycles. The normalized spacial score (nSPS) is 17.5. The smallest absolute Gasteiger partial charge is 0.264 e. The minimum atomic E-state index is 0.113. The van der Waals surface area contributed by atoms with Crippen LogP contribution >= 0.6 is 11.3 Å². The molecule has 1 saturated heterocycles. The molecule has 1 fully saturated rings. The number of aromatic nitrogens is 2. The van der Waals surface area contributed by atoms with Crippen molar-refractivity contribution in [3.63, 3.8) is 0 Å². The van der Waals surface area contributed by atoms with Gasteiger partial charge in [-0.2, -0.15) is 0 Å². The Morgan fingerprint density at radius 1 is 1.24 bits per heavy atom. The molecular weight excluding hydrogens is 336 g/mol. The highest BCUT2D eigenvalue weighted by molar-refractivity contribution is 7.14. The van der Waals surface area contributed by atoms with Crippen molar-refractivity contribution in [1.82, 2.24) is 14.9 Å². The summed E-state index contributed by atoms with van der Waals surface area (Å²) in [4.78, 5) is 28.0. The highest BCUT2D eigenvalue weighted by Crippen LogP contribution is 2.28. The van der Waals surface area contributed by atoms with Crippen molar-refractivity contribution in [1.29, 1.82) is 0 Å². The summed E-state index contributed by atoms with van der Waals surface area (Å²) < 4.78 is 5.44. The molecule has 2 aliphatic rings. The van der Waals surface area contributed by atoms with Crippen LogP contribution in [0.25, 0.3) is 0 Å². The van der Waals surface area contributed by atoms with Gasteiger partial charge in [-0.25, -0.2) is 9.97 Å². The van der Waals surface area contributed by atoms with Crippen molar-refractivity contribution in [3.05, 3.63) is 39.5 Å². The number of aryl methyl sites for hydroxylation is 1. The first kappa shape index (κ1) is 16.5. The lowest BCUT2D eigenvalue weighted by molar-refractivity contribution is 0.0736. The summed E-state index contributed by atoms with van der Waals surface area (Å²) in [6.07, 6.45) is 3.40. The lowest BCUT2D eigenvalue weighted by atomic mass is 10.0. The molecule has 0 bridgehead atoms. The number of rotatable bonds is 3. The summed E-state index contributed by atoms with van der Waals surface area (Å²) >= 11 is 1.60. The molecule has 0 spiro atoms. The molecule has 0 radical (unpaired) electrons. The zero-order valence-electron chi connectivity index (χ0n) is 14.4. The van der Waals surface area contributed by atoms with Crippen molar-refractivity contribution in [2.75, 3.05) is 37.7 Å². The number of hydrogen-bond acceptors (Lipinski definition) is 6. The fraction of sp³-hybridized carbons (Fsp3) is 0.500. The number of nitrogens with zero attached hydrogens (tertiary/aromatic N) is 4. The molecule has 7 heteroatoms. The van der Waals surface area contributed by atoms with Gasteiger partial charge in [0.15, 0.2) is 0 Å². The van der Waals surface area contributed by atoms with Gasteiger partial charge in [0.1, 0.15) is 12.1 Å². The van der Waals surface area contributed by atoms with Crippen LogP contribution < -0.4 is 4.90 Å². The van der Waals surface area contributed by atoms with Crippen molar-refractivity contribution in [2.24, 2.45) is 0 Å². The molecule has 0 aromatic carbocycles. The van der Waals surface area contributed by atoms with Crippen LogP contribution in [-0.4, -0.2) is 53.6 Å². The number of morpholine rings is 1. The number of amides is 1. The Hall–Kier alpha value is -1.99. The Labute approximate surface area is 151 Å². The number of ether oxygens (including phenoxy) is 1. The molecule has 0 unspecified atom stereocenters. The van der Waals surface area contributed by atoms with Gasteiger partial charge < -0.3 is 14.5 Å². The summed E-state index contributed by atoms with van der Waals surface area (Å²) in [5, 5.41) is 0. The molecule has 0 saturated carbocycles. The SMILES string of the molecule is CCc1ccc(C(=O)N2CCc3c(ncnc3N3CCOCC3)C2)s1. The Morgan fingerprint density at radius 2 is 2.08 bits per heavy atom. The topological polar surface area (TPSA) is 58.6 Å². The number of carbonyl (C=O) groups excluding carboxylic acids is 1. The van der Waals surface area contributed by atoms with Gasteiger partial charge in [-0.3, -0.25) is 4.79 Å². The Morgan fingerprint density at radius 3 is 2.84 bits per heavy atom. The second-order valence-electron chi connectivity index (χ2n) is 6.32. The van der Waals surface area contributed by atoms with Crippen LogP contribution in [0.4, 0.5) is 5.82 Å². The third-order valence-corrected chi connectivity index (χ3v) is 6.02. The summed E-state index contributed by atoms with van der Waals surface area (Å²) in [6, 6.07) is 4.00. The van der Waals surface area contributed by atoms with E-state index in [1.165, 1.54) is 10.4 Å². The van der Waals surface area contributed by atoms with E-state index in [0.717, 1.165) is 62.1 Å². The quantitative estimate of drug-likeness (QED) is 0.841. The summed E-state index contributed by atoms with van der Waals surface area (Å²) in [5.41, 5.74) is 2.16. The molecular formula is C18H22N4O2S. The maximum absolute atomic E-state index is 12.8. The third-order valence-electron chi connectivity index (χ3n) is 4.80. The van der Waals surface area contributed by atoms with Crippen molar-refractivity contribution < 1.29 is 9.53 Å². The predicted octanol–water partition coefficient (Wildman–Crippen LogP) is 2.14. The molecule has 2 aliphatic heterocycles. The van der Waals surface area contributed by atoms with E-state index >= 15 is 0 Å². The second-order valence-corrected chi connectivity index (χ2v) is 7.49. The molecule has 25 heavy (non-hydrogen) atoms. The largest absolute Gasteiger partial charge is 0.378 e. The van der Waals surface area contributed by atoms with E-state index in [-0.39, 0.29) is 5.91 Å². The Balaban J connectivity index is 1.54. The second kappa shape index (κ2) is 7.09. The number of carbonyl (C=O) groups is 1. The van der Waals surface area contributed by atoms with Crippen LogP contribution in [0.3, 0.4) is 0 Å². The zero-order valence-corrected chi connectivity index (χ0v) is 15.2. The lowest BCUT2D eigenvalue weighted by Gasteiger charge is -2.33. The molecule has 6 nitrogen and oxygen atoms in total. The first-order chi connectivity index (χ1) is 12.3. The molecule has 1 amide bonds. The summed E-state index contributed by atoms with van der Waals surface area (Å²) in [5.74, 6) is 1.13. The Kier molecular flexibility index (Phi) is 4.67. The molecule has 132 valence electrons. The molecule has 0 aliphatic carbocycles. The van der Waals surface area contributed by atoms with E-state index in [9.17, 15) is 4.79 Å². The number of anilines is 1. The van der Waals surface area contributed by atoms with Crippen molar-refractivity contribution in [3.8, 4) is 0 Å². The van der Waals surface area contributed by atoms with Crippen LogP contribution in [0.1, 0.15) is 32.7 Å². The van der Waals surface area contributed by atoms with E-state index in [1.54, 1.807) is 17.7 Å². The number of fused-ring (bicyclic) bond motifs is 1. The van der Waals surface area contributed by atoms with Crippen LogP contribution in [0.5, 0.6) is 0 Å². The van der Waals surface area contributed by atoms with Gasteiger partial charge >= 0.3 is 0 Å². The average molecular weight is 358 g/mol. The minimum Gasteiger partial charge on any atom is -0.378 e. The van der Waals surface area contributed by atoms with E-state index in [2.05, 4.69) is 27.9 Å². The number of thiophene rings is 1. The van der Waals surface area contributed by atoms with Crippen molar-refractivity contribution >= 4 is 23.1 Å². The average Bonchev–Trinajstić information content (AvgIpc) is 3.16. The van der Waals surface area contributed by atoms with Crippen LogP contribution in [0.2, 0.25) is 0 Å². The lowest BCUT2D eigenvalue weighted by Crippen LogP contribution is -2.40. The molecule has 4 rings (SSSR count). The van der Waals surface area contributed by atoms with Crippen LogP contribution in [0.15, 0.2) is 18.5 Å². The van der Waals surface area contributed by atoms with Gasteiger partial charge in [-0.05, 0) is 25.0 Å². The first-order valence-electron chi connectivity index (χ1n) is 8.79. The maximum atomic E-state index is 12.8. The van der Waals surface area contributed by atoms with Crippen molar-refractivity contribution in [2.45, 2.75) is 26.3 Å². The van der Waals surface area contributed by atoms with E-state index in [4.69, 9.17) is 4.74 Å². The van der Waals surface area contributed by atoms with Crippen LogP contribution in [0, 0.1) is 0 Å². The zero-order chi connectivity index (χ0) is 17.2. The third kappa shape index (κ3) is 3.26. The van der Waals surface area contributed by atoms with E-state index < -0.39 is 0 Å². The highest BCUT2D eigenvalue weighted by atomic mass is 32.1. The molecule has 2 aromatic rings. The van der Waals surface area contributed by atoms with Gasteiger partial charge in [-0.15, -0.1) is 11.3 Å². The van der Waals surface area contributed by atoms with Crippen LogP contribution in [-0.2, 0) is 24.1 Å². The van der Waals surface area contributed by atoms with E-state index in [1.807, 2.05) is 11.0 Å². The predicted molar refractivity (Wildman–Crippen MR) is 97.2 cm³/mol. The number of hydrogen-bond donors (Lipinski definition) is 0. The van der Waals surface area contributed by atoms with Gasteiger partial charge in [-0.1, -0.05) is 6.92 Å². The highest BCUT2D eigenvalue weighted by Gasteiger charge is 2.27. The van der Waals surface area contributed by atoms with Gasteiger partial charge in [0.05, 0.1) is 30.3 Å². The van der Waals surface area contributed by atoms with Gasteiger partial charge in [0.25, 0.3) is 5.91 Å². The molecule has 0 atom stereocenters. The fourth-order valence-corrected chi connectivity index (χ4v) is 4.31. The van der Waals surface area contributed by atoms with Gasteiger partial charge in [0.2, 0.25) is 0 Å². The first-order valence-corrected chi connectivity index (χ1v) is 9.61. The summed E-state index contributed by atoms with van der Waals surface area (Å²) in [7, 11) is 0.